The second-order valence-electron chi connectivity index (χ2n) is 4.35. The Morgan fingerprint density at radius 1 is 0.826 bits per heavy atom. The lowest BCUT2D eigenvalue weighted by Gasteiger charge is -2.15. The molecular weight excluding hydrogens is 424 g/mol. The summed E-state index contributed by atoms with van der Waals surface area (Å²) in [5.41, 5.74) is -1.46. The molecule has 0 saturated heterocycles. The van der Waals surface area contributed by atoms with Gasteiger partial charge in [0.15, 0.2) is 6.03 Å². The number of benzene rings is 2. The van der Waals surface area contributed by atoms with Crippen LogP contribution in [0.25, 0.3) is 0 Å². The average molecular weight is 430 g/mol. The van der Waals surface area contributed by atoms with E-state index in [2.05, 4.69) is 0 Å². The molecule has 0 spiro atoms. The van der Waals surface area contributed by atoms with E-state index >= 15 is 0 Å². The van der Waals surface area contributed by atoms with Gasteiger partial charge in [-0.05, 0) is 0 Å². The molecule has 2 aromatic carbocycles. The second-order valence-corrected chi connectivity index (χ2v) is 8.69. The summed E-state index contributed by atoms with van der Waals surface area (Å²) in [5.74, 6) is 0. The van der Waals surface area contributed by atoms with Crippen LogP contribution in [-0.2, 0) is 9.36 Å². The van der Waals surface area contributed by atoms with Crippen LogP contribution in [0.3, 0.4) is 0 Å². The first-order valence-electron chi connectivity index (χ1n) is 5.93. The number of hydrogen-bond acceptors (Lipinski definition) is 3. The van der Waals surface area contributed by atoms with Gasteiger partial charge in [0.1, 0.15) is 0 Å². The van der Waals surface area contributed by atoms with E-state index in [-0.39, 0.29) is 36.4 Å². The quantitative estimate of drug-likeness (QED) is 0.260. The second kappa shape index (κ2) is 7.14. The predicted octanol–water partition coefficient (Wildman–Crippen LogP) is 5.97. The molecule has 23 heavy (non-hydrogen) atoms. The number of carbonyl (C=O) groups excluding carboxylic acids is 2. The minimum absolute atomic E-state index is 0.0503. The van der Waals surface area contributed by atoms with Gasteiger partial charge in [0.25, 0.3) is 0 Å². The van der Waals surface area contributed by atoms with Gasteiger partial charge in [0.05, 0.1) is 30.7 Å². The highest BCUT2D eigenvalue weighted by Crippen LogP contribution is 2.51. The lowest BCUT2D eigenvalue weighted by atomic mass is 10.2. The van der Waals surface area contributed by atoms with E-state index < -0.39 is 18.2 Å². The van der Waals surface area contributed by atoms with Crippen molar-refractivity contribution >= 4 is 82.0 Å². The predicted molar refractivity (Wildman–Crippen MR) is 96.3 cm³/mol. The Morgan fingerprint density at radius 3 is 1.70 bits per heavy atom. The fourth-order valence-corrected chi connectivity index (χ4v) is 4.90. The minimum atomic E-state index is -4.12. The number of hydrogen-bond donors (Lipinski definition) is 0. The van der Waals surface area contributed by atoms with Crippen molar-refractivity contribution in [2.45, 2.75) is 0 Å². The van der Waals surface area contributed by atoms with Crippen LogP contribution < -0.4 is 5.30 Å². The van der Waals surface area contributed by atoms with Crippen LogP contribution >= 0.6 is 65.1 Å². The molecule has 3 nitrogen and oxygen atoms in total. The largest absolute Gasteiger partial charge is 0.302 e. The van der Waals surface area contributed by atoms with Gasteiger partial charge < -0.3 is 4.57 Å². The average Bonchev–Trinajstić information content (AvgIpc) is 2.58. The monoisotopic (exact) mass is 428 g/mol. The van der Waals surface area contributed by atoms with E-state index in [0.29, 0.717) is 0 Å². The fraction of sp³-hybridized carbons (Fsp3) is 0. The Labute approximate surface area is 156 Å². The zero-order valence-electron chi connectivity index (χ0n) is 11.0. The summed E-state index contributed by atoms with van der Waals surface area (Å²) >= 11 is 29.7. The molecule has 0 aliphatic carbocycles. The lowest BCUT2D eigenvalue weighted by Crippen LogP contribution is -2.15. The Morgan fingerprint density at radius 2 is 1.26 bits per heavy atom. The molecular formula is C14H6Cl5O3P. The molecule has 0 aromatic heterocycles. The van der Waals surface area contributed by atoms with E-state index in [0.717, 1.165) is 0 Å². The van der Waals surface area contributed by atoms with Gasteiger partial charge in [0, 0.05) is 5.30 Å². The Bertz CT molecular complexity index is 822. The van der Waals surface area contributed by atoms with Crippen molar-refractivity contribution in [3.63, 3.8) is 0 Å². The third-order valence-electron chi connectivity index (χ3n) is 3.01. The first-order valence-corrected chi connectivity index (χ1v) is 9.60. The third kappa shape index (κ3) is 3.19. The molecule has 2 rings (SSSR count). The fourth-order valence-electron chi connectivity index (χ4n) is 1.83. The zero-order valence-corrected chi connectivity index (χ0v) is 15.7. The summed E-state index contributed by atoms with van der Waals surface area (Å²) < 4.78 is 12.9. The maximum Gasteiger partial charge on any atom is 0.240 e. The van der Waals surface area contributed by atoms with Gasteiger partial charge >= 0.3 is 0 Å². The first kappa shape index (κ1) is 18.8. The minimum Gasteiger partial charge on any atom is -0.302 e. The molecule has 2 aromatic rings. The molecule has 9 heteroatoms. The lowest BCUT2D eigenvalue weighted by molar-refractivity contribution is 0.107. The SMILES string of the molecule is O=CP(=O)(C(=O)c1c(Cl)c(Cl)c(Cl)c(Cl)c1Cl)c1ccccc1. The van der Waals surface area contributed by atoms with Crippen LogP contribution in [0.4, 0.5) is 0 Å². The van der Waals surface area contributed by atoms with Crippen molar-refractivity contribution in [1.29, 1.82) is 0 Å². The topological polar surface area (TPSA) is 51.2 Å². The van der Waals surface area contributed by atoms with E-state index in [1.807, 2.05) is 0 Å². The molecule has 1 atom stereocenters. The van der Waals surface area contributed by atoms with E-state index in [4.69, 9.17) is 58.0 Å². The molecule has 0 amide bonds. The van der Waals surface area contributed by atoms with E-state index in [9.17, 15) is 14.2 Å². The van der Waals surface area contributed by atoms with Crippen molar-refractivity contribution in [2.75, 3.05) is 0 Å². The van der Waals surface area contributed by atoms with Crippen LogP contribution in [0.15, 0.2) is 30.3 Å². The smallest absolute Gasteiger partial charge is 0.240 e. The summed E-state index contributed by atoms with van der Waals surface area (Å²) in [6.45, 7) is 0. The summed E-state index contributed by atoms with van der Waals surface area (Å²) in [7, 11) is -4.12. The van der Waals surface area contributed by atoms with Crippen LogP contribution in [0, 0.1) is 0 Å². The molecule has 0 aliphatic heterocycles. The highest BCUT2D eigenvalue weighted by Gasteiger charge is 2.38. The van der Waals surface area contributed by atoms with Crippen molar-refractivity contribution in [2.24, 2.45) is 0 Å². The normalized spacial score (nSPS) is 13.4. The third-order valence-corrected chi connectivity index (χ3v) is 7.48. The van der Waals surface area contributed by atoms with Crippen LogP contribution in [0.1, 0.15) is 10.4 Å². The Hall–Kier alpha value is -0.540. The van der Waals surface area contributed by atoms with Crippen molar-refractivity contribution < 1.29 is 14.2 Å². The highest BCUT2D eigenvalue weighted by molar-refractivity contribution is 7.98. The highest BCUT2D eigenvalue weighted by atomic mass is 35.5. The number of carbonyl (C=O) groups is 2. The van der Waals surface area contributed by atoms with Crippen molar-refractivity contribution in [1.82, 2.24) is 0 Å². The number of rotatable bonds is 4. The molecule has 0 N–H and O–H groups in total. The molecule has 0 heterocycles. The van der Waals surface area contributed by atoms with Crippen molar-refractivity contribution in [3.05, 3.63) is 61.0 Å². The molecule has 0 aliphatic rings. The Kier molecular flexibility index (Phi) is 5.84. The molecule has 0 saturated carbocycles. The van der Waals surface area contributed by atoms with Gasteiger partial charge in [-0.3, -0.25) is 9.59 Å². The molecule has 1 unspecified atom stereocenters. The van der Waals surface area contributed by atoms with Crippen molar-refractivity contribution in [3.8, 4) is 0 Å². The van der Waals surface area contributed by atoms with Crippen LogP contribution in [0.5, 0.6) is 0 Å². The zero-order chi connectivity index (χ0) is 17.4. The first-order chi connectivity index (χ1) is 10.8. The van der Waals surface area contributed by atoms with Crippen LogP contribution in [-0.4, -0.2) is 11.6 Å². The van der Waals surface area contributed by atoms with Gasteiger partial charge in [-0.2, -0.15) is 0 Å². The van der Waals surface area contributed by atoms with E-state index in [1.165, 1.54) is 12.1 Å². The molecule has 0 fully saturated rings. The van der Waals surface area contributed by atoms with E-state index in [1.54, 1.807) is 18.2 Å². The molecule has 0 radical (unpaired) electrons. The van der Waals surface area contributed by atoms with Crippen LogP contribution in [0.2, 0.25) is 25.1 Å². The maximum absolute atomic E-state index is 12.9. The maximum atomic E-state index is 12.9. The standard InChI is InChI=1S/C14H6Cl5O3P/c15-9-8(10(16)12(18)13(19)11(9)17)14(21)23(22,6-20)7-4-2-1-3-5-7/h1-6H. The molecule has 120 valence electrons. The van der Waals surface area contributed by atoms with Gasteiger partial charge in [-0.1, -0.05) is 88.3 Å². The summed E-state index contributed by atoms with van der Waals surface area (Å²) in [4.78, 5) is 24.2. The van der Waals surface area contributed by atoms with Gasteiger partial charge in [-0.25, -0.2) is 0 Å². The number of halogens is 5. The summed E-state index contributed by atoms with van der Waals surface area (Å²) in [6.07, 6.45) is 0. The summed E-state index contributed by atoms with van der Waals surface area (Å²) in [6, 6.07) is 7.63. The molecule has 0 bridgehead atoms. The Balaban J connectivity index is 2.75. The van der Waals surface area contributed by atoms with Gasteiger partial charge in [-0.15, -0.1) is 0 Å². The summed E-state index contributed by atoms with van der Waals surface area (Å²) in [5, 5.41) is -1.13. The van der Waals surface area contributed by atoms with Gasteiger partial charge in [0.2, 0.25) is 12.7 Å².